The Hall–Kier alpha value is -3.91. The number of anilines is 1. The van der Waals surface area contributed by atoms with Gasteiger partial charge in [-0.25, -0.2) is 9.50 Å². The number of halogens is 1. The molecule has 0 radical (unpaired) electrons. The van der Waals surface area contributed by atoms with Crippen molar-refractivity contribution in [3.8, 4) is 11.1 Å². The molecule has 0 bridgehead atoms. The van der Waals surface area contributed by atoms with E-state index in [0.717, 1.165) is 27.6 Å². The van der Waals surface area contributed by atoms with Gasteiger partial charge in [-0.05, 0) is 30.2 Å². The molecule has 32 heavy (non-hydrogen) atoms. The highest BCUT2D eigenvalue weighted by atomic mass is 35.5. The molecular formula is C23H20ClN7O. The van der Waals surface area contributed by atoms with Gasteiger partial charge >= 0.3 is 0 Å². The van der Waals surface area contributed by atoms with Crippen molar-refractivity contribution in [3.05, 3.63) is 77.2 Å². The summed E-state index contributed by atoms with van der Waals surface area (Å²) in [6.07, 6.45) is 5.18. The van der Waals surface area contributed by atoms with Crippen molar-refractivity contribution in [3.63, 3.8) is 0 Å². The van der Waals surface area contributed by atoms with Crippen LogP contribution in [0, 0.1) is 0 Å². The molecule has 1 atom stereocenters. The van der Waals surface area contributed by atoms with Gasteiger partial charge in [0.1, 0.15) is 11.1 Å². The zero-order valence-corrected chi connectivity index (χ0v) is 18.2. The Morgan fingerprint density at radius 3 is 2.75 bits per heavy atom. The lowest BCUT2D eigenvalue weighted by molar-refractivity contribution is 0.0942. The lowest BCUT2D eigenvalue weighted by Gasteiger charge is -2.19. The number of nitrogens with zero attached hydrogens (tertiary/aromatic N) is 5. The summed E-state index contributed by atoms with van der Waals surface area (Å²) in [4.78, 5) is 17.4. The Morgan fingerprint density at radius 1 is 1.19 bits per heavy atom. The van der Waals surface area contributed by atoms with Gasteiger partial charge in [-0.1, -0.05) is 41.9 Å². The largest absolute Gasteiger partial charge is 0.381 e. The van der Waals surface area contributed by atoms with Crippen LogP contribution in [0.15, 0.2) is 61.1 Å². The van der Waals surface area contributed by atoms with Crippen LogP contribution in [0.3, 0.4) is 0 Å². The van der Waals surface area contributed by atoms with Crippen LogP contribution in [-0.2, 0) is 7.05 Å². The summed E-state index contributed by atoms with van der Waals surface area (Å²) in [5, 5.41) is 13.3. The van der Waals surface area contributed by atoms with E-state index < -0.39 is 0 Å². The molecule has 5 aromatic rings. The summed E-state index contributed by atoms with van der Waals surface area (Å²) in [5.74, 6) is -0.241. The second-order valence-electron chi connectivity index (χ2n) is 7.60. The van der Waals surface area contributed by atoms with Crippen molar-refractivity contribution in [2.75, 3.05) is 5.73 Å². The first kappa shape index (κ1) is 20.0. The van der Waals surface area contributed by atoms with Gasteiger partial charge in [0.2, 0.25) is 0 Å². The van der Waals surface area contributed by atoms with Crippen molar-refractivity contribution >= 4 is 39.9 Å². The SMILES string of the molecule is CC(NC(=O)c1c(N)nn2cccnc12)c1cc(Cl)c2cn(C)nc2c1-c1ccccc1. The first-order chi connectivity index (χ1) is 15.4. The molecule has 160 valence electrons. The maximum atomic E-state index is 13.2. The van der Waals surface area contributed by atoms with Crippen LogP contribution < -0.4 is 11.1 Å². The average molecular weight is 446 g/mol. The zero-order chi connectivity index (χ0) is 22.4. The minimum absolute atomic E-state index is 0.120. The van der Waals surface area contributed by atoms with E-state index in [1.54, 1.807) is 23.1 Å². The number of benzene rings is 2. The number of aromatic nitrogens is 5. The van der Waals surface area contributed by atoms with Gasteiger partial charge in [0.25, 0.3) is 5.91 Å². The number of carbonyl (C=O) groups excluding carboxylic acids is 1. The van der Waals surface area contributed by atoms with Crippen LogP contribution >= 0.6 is 11.6 Å². The van der Waals surface area contributed by atoms with Crippen LogP contribution in [0.1, 0.15) is 28.9 Å². The van der Waals surface area contributed by atoms with Crippen LogP contribution in [0.5, 0.6) is 0 Å². The smallest absolute Gasteiger partial charge is 0.259 e. The second kappa shape index (κ2) is 7.65. The Bertz CT molecular complexity index is 1470. The molecular weight excluding hydrogens is 426 g/mol. The Kier molecular flexibility index (Phi) is 4.79. The number of nitrogens with two attached hydrogens (primary N) is 1. The molecule has 9 heteroatoms. The van der Waals surface area contributed by atoms with E-state index in [-0.39, 0.29) is 23.3 Å². The van der Waals surface area contributed by atoms with E-state index >= 15 is 0 Å². The van der Waals surface area contributed by atoms with E-state index in [9.17, 15) is 4.79 Å². The third-order valence-electron chi connectivity index (χ3n) is 5.42. The van der Waals surface area contributed by atoms with Crippen molar-refractivity contribution in [1.82, 2.24) is 29.7 Å². The van der Waals surface area contributed by atoms with Gasteiger partial charge in [-0.2, -0.15) is 5.10 Å². The monoisotopic (exact) mass is 445 g/mol. The number of hydrogen-bond donors (Lipinski definition) is 2. The second-order valence-corrected chi connectivity index (χ2v) is 8.00. The normalized spacial score (nSPS) is 12.3. The number of hydrogen-bond acceptors (Lipinski definition) is 5. The number of fused-ring (bicyclic) bond motifs is 2. The fourth-order valence-corrected chi connectivity index (χ4v) is 4.24. The molecule has 3 aromatic heterocycles. The molecule has 0 saturated carbocycles. The topological polar surface area (TPSA) is 103 Å². The first-order valence-electron chi connectivity index (χ1n) is 10.0. The molecule has 3 N–H and O–H groups in total. The molecule has 0 fully saturated rings. The third-order valence-corrected chi connectivity index (χ3v) is 5.73. The van der Waals surface area contributed by atoms with Crippen LogP contribution in [-0.4, -0.2) is 30.3 Å². The minimum atomic E-state index is -0.389. The van der Waals surface area contributed by atoms with Gasteiger partial charge in [0.05, 0.1) is 11.1 Å². The predicted molar refractivity (Wildman–Crippen MR) is 124 cm³/mol. The lowest BCUT2D eigenvalue weighted by Crippen LogP contribution is -2.27. The first-order valence-corrected chi connectivity index (χ1v) is 10.4. The summed E-state index contributed by atoms with van der Waals surface area (Å²) in [6.45, 7) is 1.90. The predicted octanol–water partition coefficient (Wildman–Crippen LogP) is 4.01. The summed E-state index contributed by atoms with van der Waals surface area (Å²) < 4.78 is 3.22. The highest BCUT2D eigenvalue weighted by Gasteiger charge is 2.24. The molecule has 2 aromatic carbocycles. The summed E-state index contributed by atoms with van der Waals surface area (Å²) in [6, 6.07) is 13.1. The number of nitrogens with one attached hydrogen (secondary N) is 1. The van der Waals surface area contributed by atoms with E-state index in [0.29, 0.717) is 10.7 Å². The Morgan fingerprint density at radius 2 is 1.97 bits per heavy atom. The molecule has 1 amide bonds. The van der Waals surface area contributed by atoms with Crippen LogP contribution in [0.4, 0.5) is 5.82 Å². The van der Waals surface area contributed by atoms with Gasteiger partial charge in [-0.15, -0.1) is 5.10 Å². The number of carbonyl (C=O) groups is 1. The van der Waals surface area contributed by atoms with E-state index in [1.165, 1.54) is 4.52 Å². The Balaban J connectivity index is 1.61. The minimum Gasteiger partial charge on any atom is -0.381 e. The third kappa shape index (κ3) is 3.25. The highest BCUT2D eigenvalue weighted by Crippen LogP contribution is 2.38. The summed E-state index contributed by atoms with van der Waals surface area (Å²) in [5.41, 5.74) is 10.2. The fraction of sp³-hybridized carbons (Fsp3) is 0.130. The standard InChI is InChI=1S/C23H20ClN7O/c1-13(27-23(32)19-21(25)29-31-10-6-9-26-22(19)31)15-11-17(24)16-12-30(2)28-20(16)18(15)14-7-4-3-5-8-14/h3-13H,1-2H3,(H2,25,29)(H,27,32). The maximum absolute atomic E-state index is 13.2. The van der Waals surface area contributed by atoms with E-state index in [1.807, 2.05) is 56.6 Å². The molecule has 5 rings (SSSR count). The van der Waals surface area contributed by atoms with Crippen LogP contribution in [0.25, 0.3) is 27.7 Å². The van der Waals surface area contributed by atoms with Crippen molar-refractivity contribution in [2.45, 2.75) is 13.0 Å². The van der Waals surface area contributed by atoms with Crippen molar-refractivity contribution in [2.24, 2.45) is 7.05 Å². The molecule has 0 aliphatic carbocycles. The van der Waals surface area contributed by atoms with E-state index in [2.05, 4.69) is 20.5 Å². The highest BCUT2D eigenvalue weighted by molar-refractivity contribution is 6.36. The van der Waals surface area contributed by atoms with Gasteiger partial charge < -0.3 is 11.1 Å². The quantitative estimate of drug-likeness (QED) is 0.435. The molecule has 8 nitrogen and oxygen atoms in total. The van der Waals surface area contributed by atoms with Crippen molar-refractivity contribution in [1.29, 1.82) is 0 Å². The maximum Gasteiger partial charge on any atom is 0.259 e. The molecule has 0 saturated heterocycles. The van der Waals surface area contributed by atoms with Gasteiger partial charge in [-0.3, -0.25) is 9.48 Å². The fourth-order valence-electron chi connectivity index (χ4n) is 3.99. The van der Waals surface area contributed by atoms with E-state index in [4.69, 9.17) is 17.3 Å². The molecule has 3 heterocycles. The van der Waals surface area contributed by atoms with Crippen LogP contribution in [0.2, 0.25) is 5.02 Å². The average Bonchev–Trinajstić information content (AvgIpc) is 3.33. The molecule has 0 aliphatic rings. The van der Waals surface area contributed by atoms with Gasteiger partial charge in [0, 0.05) is 36.6 Å². The number of amides is 1. The number of aryl methyl sites for hydroxylation is 1. The zero-order valence-electron chi connectivity index (χ0n) is 17.5. The molecule has 1 unspecified atom stereocenters. The number of nitrogen functional groups attached to an aromatic ring is 1. The molecule has 0 aliphatic heterocycles. The Labute approximate surface area is 188 Å². The van der Waals surface area contributed by atoms with Gasteiger partial charge in [0.15, 0.2) is 11.5 Å². The lowest BCUT2D eigenvalue weighted by atomic mass is 9.93. The number of rotatable bonds is 4. The summed E-state index contributed by atoms with van der Waals surface area (Å²) in [7, 11) is 1.86. The molecule has 0 spiro atoms. The summed E-state index contributed by atoms with van der Waals surface area (Å²) >= 11 is 6.61. The van der Waals surface area contributed by atoms with Crippen molar-refractivity contribution < 1.29 is 4.79 Å².